The Hall–Kier alpha value is -2.53. The van der Waals surface area contributed by atoms with Crippen molar-refractivity contribution in [2.24, 2.45) is 11.0 Å². The van der Waals surface area contributed by atoms with Crippen LogP contribution in [0.2, 0.25) is 0 Å². The minimum atomic E-state index is -0.272. The van der Waals surface area contributed by atoms with E-state index in [1.165, 1.54) is 12.1 Å². The molecule has 1 fully saturated rings. The molecule has 1 atom stereocenters. The Bertz CT molecular complexity index is 842. The van der Waals surface area contributed by atoms with E-state index in [1.54, 1.807) is 17.1 Å². The highest BCUT2D eigenvalue weighted by atomic mass is 19.1. The van der Waals surface area contributed by atoms with Crippen LogP contribution >= 0.6 is 0 Å². The van der Waals surface area contributed by atoms with Crippen molar-refractivity contribution in [3.05, 3.63) is 71.5 Å². The minimum absolute atomic E-state index is 0.00908. The molecule has 2 aromatic carbocycles. The molecule has 2 aliphatic heterocycles. The van der Waals surface area contributed by atoms with E-state index in [4.69, 9.17) is 5.10 Å². The monoisotopic (exact) mass is 379 g/mol. The largest absolute Gasteiger partial charge is 0.294 e. The SMILES string of the molecule is CC1CCN(CC(=O)N2N=C(c3ccccc3)C[C@@H]2c2ccc(F)cc2)CC1. The van der Waals surface area contributed by atoms with Crippen LogP contribution in [0.1, 0.15) is 43.4 Å². The summed E-state index contributed by atoms with van der Waals surface area (Å²) in [6.45, 7) is 4.56. The Morgan fingerprint density at radius 2 is 1.75 bits per heavy atom. The standard InChI is InChI=1S/C23H26FN3O/c1-17-11-13-26(14-12-17)16-23(28)27-22(19-7-9-20(24)10-8-19)15-21(25-27)18-5-3-2-4-6-18/h2-10,17,22H,11-16H2,1H3/t22-/m1/s1. The first-order valence-electron chi connectivity index (χ1n) is 10.0. The Balaban J connectivity index is 1.56. The molecule has 4 nitrogen and oxygen atoms in total. The molecule has 28 heavy (non-hydrogen) atoms. The van der Waals surface area contributed by atoms with Crippen LogP contribution in [-0.4, -0.2) is 41.2 Å². The molecular formula is C23H26FN3O. The van der Waals surface area contributed by atoms with Crippen LogP contribution in [0.15, 0.2) is 59.7 Å². The smallest absolute Gasteiger partial charge is 0.257 e. The zero-order valence-electron chi connectivity index (χ0n) is 16.2. The van der Waals surface area contributed by atoms with Crippen molar-refractivity contribution in [1.82, 2.24) is 9.91 Å². The first-order valence-corrected chi connectivity index (χ1v) is 10.0. The highest BCUT2D eigenvalue weighted by molar-refractivity contribution is 6.03. The topological polar surface area (TPSA) is 35.9 Å². The van der Waals surface area contributed by atoms with Gasteiger partial charge in [0.25, 0.3) is 5.91 Å². The van der Waals surface area contributed by atoms with Crippen LogP contribution in [-0.2, 0) is 4.79 Å². The fourth-order valence-corrected chi connectivity index (χ4v) is 3.97. The van der Waals surface area contributed by atoms with E-state index in [1.807, 2.05) is 30.3 Å². The van der Waals surface area contributed by atoms with E-state index in [-0.39, 0.29) is 17.8 Å². The van der Waals surface area contributed by atoms with E-state index in [2.05, 4.69) is 11.8 Å². The second-order valence-corrected chi connectivity index (χ2v) is 7.88. The fourth-order valence-electron chi connectivity index (χ4n) is 3.97. The number of amides is 1. The van der Waals surface area contributed by atoms with Crippen molar-refractivity contribution in [2.75, 3.05) is 19.6 Å². The van der Waals surface area contributed by atoms with Gasteiger partial charge in [-0.25, -0.2) is 9.40 Å². The number of benzene rings is 2. The molecule has 1 amide bonds. The summed E-state index contributed by atoms with van der Waals surface area (Å²) in [6.07, 6.45) is 2.90. The Kier molecular flexibility index (Phi) is 5.53. The highest BCUT2D eigenvalue weighted by Gasteiger charge is 2.34. The average Bonchev–Trinajstić information content (AvgIpc) is 3.17. The number of nitrogens with zero attached hydrogens (tertiary/aromatic N) is 3. The predicted molar refractivity (Wildman–Crippen MR) is 108 cm³/mol. The maximum absolute atomic E-state index is 13.4. The van der Waals surface area contributed by atoms with Crippen LogP contribution in [0.5, 0.6) is 0 Å². The van der Waals surface area contributed by atoms with Gasteiger partial charge < -0.3 is 0 Å². The van der Waals surface area contributed by atoms with Gasteiger partial charge >= 0.3 is 0 Å². The number of piperidine rings is 1. The van der Waals surface area contributed by atoms with Crippen LogP contribution < -0.4 is 0 Å². The van der Waals surface area contributed by atoms with E-state index >= 15 is 0 Å². The first kappa shape index (κ1) is 18.8. The fraction of sp³-hybridized carbons (Fsp3) is 0.391. The maximum atomic E-state index is 13.4. The van der Waals surface area contributed by atoms with Gasteiger partial charge in [0.15, 0.2) is 0 Å². The summed E-state index contributed by atoms with van der Waals surface area (Å²) in [4.78, 5) is 15.3. The van der Waals surface area contributed by atoms with Gasteiger partial charge in [0.05, 0.1) is 18.3 Å². The third-order valence-corrected chi connectivity index (χ3v) is 5.76. The molecule has 2 heterocycles. The predicted octanol–water partition coefficient (Wildman–Crippen LogP) is 4.24. The molecule has 146 valence electrons. The molecule has 0 radical (unpaired) electrons. The molecule has 0 aromatic heterocycles. The van der Waals surface area contributed by atoms with E-state index in [0.29, 0.717) is 13.0 Å². The number of carbonyl (C=O) groups is 1. The van der Waals surface area contributed by atoms with Crippen LogP contribution in [0.4, 0.5) is 4.39 Å². The molecule has 1 saturated heterocycles. The van der Waals surface area contributed by atoms with Crippen LogP contribution in [0, 0.1) is 11.7 Å². The van der Waals surface area contributed by atoms with Crippen LogP contribution in [0.25, 0.3) is 0 Å². The molecular weight excluding hydrogens is 353 g/mol. The van der Waals surface area contributed by atoms with Crippen LogP contribution in [0.3, 0.4) is 0 Å². The summed E-state index contributed by atoms with van der Waals surface area (Å²) in [5.41, 5.74) is 2.84. The van der Waals surface area contributed by atoms with Gasteiger partial charge in [-0.15, -0.1) is 0 Å². The van der Waals surface area contributed by atoms with Crippen molar-refractivity contribution in [2.45, 2.75) is 32.2 Å². The van der Waals surface area contributed by atoms with Crippen molar-refractivity contribution in [1.29, 1.82) is 0 Å². The molecule has 4 rings (SSSR count). The molecule has 0 spiro atoms. The third-order valence-electron chi connectivity index (χ3n) is 5.76. The summed E-state index contributed by atoms with van der Waals surface area (Å²) in [7, 11) is 0. The van der Waals surface area contributed by atoms with Gasteiger partial charge in [-0.3, -0.25) is 9.69 Å². The summed E-state index contributed by atoms with van der Waals surface area (Å²) in [5, 5.41) is 6.32. The lowest BCUT2D eigenvalue weighted by molar-refractivity contribution is -0.134. The minimum Gasteiger partial charge on any atom is -0.294 e. The molecule has 2 aromatic rings. The third kappa shape index (κ3) is 4.14. The zero-order chi connectivity index (χ0) is 19.5. The Morgan fingerprint density at radius 3 is 2.43 bits per heavy atom. The second kappa shape index (κ2) is 8.23. The number of carbonyl (C=O) groups excluding carboxylic acids is 1. The van der Waals surface area contributed by atoms with Crippen molar-refractivity contribution in [3.63, 3.8) is 0 Å². The number of hydrogen-bond acceptors (Lipinski definition) is 3. The lowest BCUT2D eigenvalue weighted by Crippen LogP contribution is -2.41. The van der Waals surface area contributed by atoms with Crippen molar-refractivity contribution in [3.8, 4) is 0 Å². The van der Waals surface area contributed by atoms with Gasteiger partial charge in [0, 0.05) is 6.42 Å². The number of hydrogen-bond donors (Lipinski definition) is 0. The second-order valence-electron chi connectivity index (χ2n) is 7.88. The van der Waals surface area contributed by atoms with E-state index in [0.717, 1.165) is 48.7 Å². The molecule has 0 bridgehead atoms. The van der Waals surface area contributed by atoms with E-state index in [9.17, 15) is 9.18 Å². The normalized spacial score (nSPS) is 21.0. The summed E-state index contributed by atoms with van der Waals surface area (Å²) < 4.78 is 13.4. The quantitative estimate of drug-likeness (QED) is 0.797. The average molecular weight is 379 g/mol. The number of hydrazone groups is 1. The van der Waals surface area contributed by atoms with Gasteiger partial charge in [0.1, 0.15) is 5.82 Å². The van der Waals surface area contributed by atoms with Crippen molar-refractivity contribution >= 4 is 11.6 Å². The molecule has 0 unspecified atom stereocenters. The highest BCUT2D eigenvalue weighted by Crippen LogP contribution is 2.33. The molecule has 5 heteroatoms. The zero-order valence-corrected chi connectivity index (χ0v) is 16.2. The maximum Gasteiger partial charge on any atom is 0.257 e. The van der Waals surface area contributed by atoms with Gasteiger partial charge in [0.2, 0.25) is 0 Å². The molecule has 0 N–H and O–H groups in total. The van der Waals surface area contributed by atoms with Gasteiger partial charge in [-0.2, -0.15) is 5.10 Å². The van der Waals surface area contributed by atoms with Gasteiger partial charge in [-0.1, -0.05) is 49.4 Å². The summed E-state index contributed by atoms with van der Waals surface area (Å²) >= 11 is 0. The molecule has 2 aliphatic rings. The Labute approximate surface area is 165 Å². The molecule has 0 aliphatic carbocycles. The lowest BCUT2D eigenvalue weighted by atomic mass is 9.98. The number of halogens is 1. The summed E-state index contributed by atoms with van der Waals surface area (Å²) in [5.74, 6) is 0.467. The van der Waals surface area contributed by atoms with E-state index < -0.39 is 0 Å². The first-order chi connectivity index (χ1) is 13.6. The van der Waals surface area contributed by atoms with Gasteiger partial charge in [-0.05, 0) is 55.1 Å². The summed E-state index contributed by atoms with van der Waals surface area (Å²) in [6, 6.07) is 16.2. The Morgan fingerprint density at radius 1 is 1.07 bits per heavy atom. The lowest BCUT2D eigenvalue weighted by Gasteiger charge is -2.31. The van der Waals surface area contributed by atoms with Crippen molar-refractivity contribution < 1.29 is 9.18 Å². The molecule has 0 saturated carbocycles. The number of likely N-dealkylation sites (tertiary alicyclic amines) is 1. The number of rotatable bonds is 4.